The molecule has 0 bridgehead atoms. The lowest BCUT2D eigenvalue weighted by Gasteiger charge is -2.35. The molecule has 0 atom stereocenters. The second kappa shape index (κ2) is 12.8. The molecule has 9 nitrogen and oxygen atoms in total. The second-order valence-corrected chi connectivity index (χ2v) is 12.0. The van der Waals surface area contributed by atoms with E-state index in [9.17, 15) is 9.59 Å². The van der Waals surface area contributed by atoms with Gasteiger partial charge in [0.15, 0.2) is 0 Å². The zero-order valence-corrected chi connectivity index (χ0v) is 27.0. The van der Waals surface area contributed by atoms with E-state index in [0.29, 0.717) is 60.5 Å². The number of carbonyl (C=O) groups excluding carboxylic acids is 2. The molecule has 2 amide bonds. The third kappa shape index (κ3) is 5.79. The first kappa shape index (κ1) is 30.4. The molecule has 5 aromatic rings. The first-order valence-electron chi connectivity index (χ1n) is 15.5. The summed E-state index contributed by atoms with van der Waals surface area (Å²) in [6.07, 6.45) is 1.79. The average Bonchev–Trinajstić information content (AvgIpc) is 3.44. The van der Waals surface area contributed by atoms with Gasteiger partial charge in [0.1, 0.15) is 23.0 Å². The predicted molar refractivity (Wildman–Crippen MR) is 183 cm³/mol. The van der Waals surface area contributed by atoms with Crippen LogP contribution in [-0.2, 0) is 13.1 Å². The van der Waals surface area contributed by atoms with E-state index in [1.54, 1.807) is 37.4 Å². The average molecular weight is 648 g/mol. The Kier molecular flexibility index (Phi) is 8.30. The van der Waals surface area contributed by atoms with Gasteiger partial charge in [0.2, 0.25) is 0 Å². The van der Waals surface area contributed by atoms with Crippen LogP contribution in [-0.4, -0.2) is 66.7 Å². The summed E-state index contributed by atoms with van der Waals surface area (Å²) in [6.45, 7) is 3.36. The van der Waals surface area contributed by atoms with E-state index >= 15 is 0 Å². The number of amides is 2. The van der Waals surface area contributed by atoms with E-state index in [0.717, 1.165) is 33.9 Å². The van der Waals surface area contributed by atoms with Crippen molar-refractivity contribution in [1.82, 2.24) is 14.5 Å². The standard InChI is InChI=1S/C37H34ClN5O4/c1-46-28-10-7-9-25(20-28)29-22-34(47-2)30(21-31(29)38)36(44)43-24-27-13-14-33(42(27)23-26-8-3-4-11-32(26)43)37(45)41-18-16-40(17-19-41)35-12-5-6-15-39-35/h3-15,20-22H,16-19,23-24H2,1-2H3. The number of pyridine rings is 1. The van der Waals surface area contributed by atoms with Crippen LogP contribution in [0.3, 0.4) is 0 Å². The Bertz CT molecular complexity index is 1950. The van der Waals surface area contributed by atoms with Crippen molar-refractivity contribution in [2.24, 2.45) is 0 Å². The van der Waals surface area contributed by atoms with Crippen LogP contribution in [0.4, 0.5) is 11.5 Å². The Hall–Kier alpha value is -5.28. The number of halogens is 1. The maximum atomic E-state index is 14.4. The topological polar surface area (TPSA) is 80.1 Å². The molecule has 0 saturated carbocycles. The van der Waals surface area contributed by atoms with E-state index in [4.69, 9.17) is 21.1 Å². The molecule has 10 heteroatoms. The predicted octanol–water partition coefficient (Wildman–Crippen LogP) is 6.39. The third-order valence-electron chi connectivity index (χ3n) is 8.91. The fourth-order valence-electron chi connectivity index (χ4n) is 6.42. The summed E-state index contributed by atoms with van der Waals surface area (Å²) in [5.74, 6) is 1.77. The van der Waals surface area contributed by atoms with Crippen LogP contribution >= 0.6 is 11.6 Å². The first-order valence-corrected chi connectivity index (χ1v) is 15.9. The molecule has 1 fully saturated rings. The Morgan fingerprint density at radius 1 is 0.787 bits per heavy atom. The monoisotopic (exact) mass is 647 g/mol. The number of carbonyl (C=O) groups is 2. The molecule has 0 unspecified atom stereocenters. The summed E-state index contributed by atoms with van der Waals surface area (Å²) in [4.78, 5) is 38.6. The summed E-state index contributed by atoms with van der Waals surface area (Å²) < 4.78 is 13.2. The van der Waals surface area contributed by atoms with Crippen LogP contribution in [0.1, 0.15) is 32.1 Å². The number of fused-ring (bicyclic) bond motifs is 2. The van der Waals surface area contributed by atoms with Crippen molar-refractivity contribution >= 4 is 34.9 Å². The lowest BCUT2D eigenvalue weighted by molar-refractivity contribution is 0.0735. The molecule has 7 rings (SSSR count). The van der Waals surface area contributed by atoms with Gasteiger partial charge in [0, 0.05) is 54.3 Å². The number of hydrogen-bond donors (Lipinski definition) is 0. The van der Waals surface area contributed by atoms with Crippen LogP contribution < -0.4 is 19.3 Å². The minimum Gasteiger partial charge on any atom is -0.497 e. The first-order chi connectivity index (χ1) is 22.9. The number of hydrogen-bond acceptors (Lipinski definition) is 6. The Balaban J connectivity index is 1.18. The van der Waals surface area contributed by atoms with E-state index < -0.39 is 0 Å². The van der Waals surface area contributed by atoms with Gasteiger partial charge in [-0.05, 0) is 65.7 Å². The van der Waals surface area contributed by atoms with Crippen LogP contribution in [0.15, 0.2) is 97.2 Å². The maximum Gasteiger partial charge on any atom is 0.270 e. The molecule has 3 aromatic carbocycles. The van der Waals surface area contributed by atoms with Gasteiger partial charge >= 0.3 is 0 Å². The number of nitrogens with zero attached hydrogens (tertiary/aromatic N) is 5. The SMILES string of the molecule is COc1cccc(-c2cc(OC)c(C(=O)N3Cc4ccc(C(=O)N5CCN(c6ccccn6)CC5)n4Cc4ccccc43)cc2Cl)c1. The summed E-state index contributed by atoms with van der Waals surface area (Å²) in [5.41, 5.74) is 5.11. The van der Waals surface area contributed by atoms with Crippen molar-refractivity contribution in [2.45, 2.75) is 13.1 Å². The quantitative estimate of drug-likeness (QED) is 0.213. The summed E-state index contributed by atoms with van der Waals surface area (Å²) in [7, 11) is 3.16. The molecule has 0 aliphatic carbocycles. The minimum absolute atomic E-state index is 0.0178. The highest BCUT2D eigenvalue weighted by molar-refractivity contribution is 6.34. The number of para-hydroxylation sites is 1. The third-order valence-corrected chi connectivity index (χ3v) is 9.22. The molecule has 47 heavy (non-hydrogen) atoms. The Morgan fingerprint density at radius 2 is 1.60 bits per heavy atom. The molecule has 0 radical (unpaired) electrons. The Labute approximate surface area is 278 Å². The second-order valence-electron chi connectivity index (χ2n) is 11.5. The van der Waals surface area contributed by atoms with Gasteiger partial charge in [0.05, 0.1) is 32.9 Å². The molecular formula is C37H34ClN5O4. The van der Waals surface area contributed by atoms with Crippen LogP contribution in [0, 0.1) is 0 Å². The van der Waals surface area contributed by atoms with E-state index in [1.165, 1.54) is 0 Å². The van der Waals surface area contributed by atoms with E-state index in [1.807, 2.05) is 88.3 Å². The largest absolute Gasteiger partial charge is 0.497 e. The molecule has 2 aliphatic heterocycles. The molecule has 2 aromatic heterocycles. The molecule has 0 spiro atoms. The molecule has 4 heterocycles. The van der Waals surface area contributed by atoms with Gasteiger partial charge in [-0.2, -0.15) is 0 Å². The molecule has 2 aliphatic rings. The summed E-state index contributed by atoms with van der Waals surface area (Å²) >= 11 is 6.82. The van der Waals surface area contributed by atoms with Crippen LogP contribution in [0.2, 0.25) is 5.02 Å². The fraction of sp³-hybridized carbons (Fsp3) is 0.216. The number of piperazine rings is 1. The van der Waals surface area contributed by atoms with Crippen LogP contribution in [0.5, 0.6) is 11.5 Å². The summed E-state index contributed by atoms with van der Waals surface area (Å²) in [6, 6.07) is 28.5. The molecule has 238 valence electrons. The van der Waals surface area contributed by atoms with Gasteiger partial charge in [-0.25, -0.2) is 4.98 Å². The number of benzene rings is 3. The minimum atomic E-state index is -0.249. The maximum absolute atomic E-state index is 14.4. The summed E-state index contributed by atoms with van der Waals surface area (Å²) in [5, 5.41) is 0.421. The van der Waals surface area contributed by atoms with Crippen molar-refractivity contribution in [3.05, 3.63) is 125 Å². The molecule has 0 N–H and O–H groups in total. The van der Waals surface area contributed by atoms with Crippen molar-refractivity contribution in [1.29, 1.82) is 0 Å². The number of aromatic nitrogens is 2. The highest BCUT2D eigenvalue weighted by Crippen LogP contribution is 2.38. The molecular weight excluding hydrogens is 614 g/mol. The van der Waals surface area contributed by atoms with Gasteiger partial charge < -0.3 is 28.7 Å². The van der Waals surface area contributed by atoms with Crippen molar-refractivity contribution < 1.29 is 19.1 Å². The number of rotatable bonds is 6. The Morgan fingerprint density at radius 3 is 2.36 bits per heavy atom. The smallest absolute Gasteiger partial charge is 0.270 e. The number of ether oxygens (including phenoxy) is 2. The van der Waals surface area contributed by atoms with E-state index in [-0.39, 0.29) is 18.4 Å². The fourth-order valence-corrected chi connectivity index (χ4v) is 6.69. The lowest BCUT2D eigenvalue weighted by Crippen LogP contribution is -2.49. The van der Waals surface area contributed by atoms with Gasteiger partial charge in [0.25, 0.3) is 11.8 Å². The van der Waals surface area contributed by atoms with Crippen molar-refractivity contribution in [3.8, 4) is 22.6 Å². The highest BCUT2D eigenvalue weighted by Gasteiger charge is 2.31. The van der Waals surface area contributed by atoms with Crippen LogP contribution in [0.25, 0.3) is 11.1 Å². The van der Waals surface area contributed by atoms with E-state index in [2.05, 4.69) is 9.88 Å². The van der Waals surface area contributed by atoms with Gasteiger partial charge in [-0.3, -0.25) is 9.59 Å². The lowest BCUT2D eigenvalue weighted by atomic mass is 10.0. The number of anilines is 2. The van der Waals surface area contributed by atoms with Crippen molar-refractivity contribution in [3.63, 3.8) is 0 Å². The van der Waals surface area contributed by atoms with Gasteiger partial charge in [-0.1, -0.05) is 48.0 Å². The zero-order chi connectivity index (χ0) is 32.5. The molecule has 1 saturated heterocycles. The normalized spacial score (nSPS) is 14.2. The zero-order valence-electron chi connectivity index (χ0n) is 26.2. The highest BCUT2D eigenvalue weighted by atomic mass is 35.5. The van der Waals surface area contributed by atoms with Crippen molar-refractivity contribution in [2.75, 3.05) is 50.2 Å². The van der Waals surface area contributed by atoms with Gasteiger partial charge in [-0.15, -0.1) is 0 Å². The number of methoxy groups -OCH3 is 2.